The van der Waals surface area contributed by atoms with Crippen molar-refractivity contribution >= 4 is 41.3 Å². The van der Waals surface area contributed by atoms with Gasteiger partial charge in [0.1, 0.15) is 0 Å². The molecule has 0 aromatic carbocycles. The van der Waals surface area contributed by atoms with Gasteiger partial charge in [-0.05, 0) is 51.6 Å². The number of aliphatic imine (C=N–C) groups is 1. The molecule has 1 unspecified atom stereocenters. The summed E-state index contributed by atoms with van der Waals surface area (Å²) in [7, 11) is 1.85. The van der Waals surface area contributed by atoms with Gasteiger partial charge in [-0.2, -0.15) is 0 Å². The van der Waals surface area contributed by atoms with Crippen LogP contribution in [0.1, 0.15) is 50.7 Å². The van der Waals surface area contributed by atoms with Gasteiger partial charge in [-0.15, -0.1) is 35.3 Å². The smallest absolute Gasteiger partial charge is 0.191 e. The van der Waals surface area contributed by atoms with Crippen molar-refractivity contribution in [3.05, 3.63) is 16.1 Å². The second kappa shape index (κ2) is 12.1. The number of piperidine rings is 1. The second-order valence-corrected chi connectivity index (χ2v) is 7.66. The standard InChI is InChI=1S/C18H33N5S.HI/c1-5-14(3)21-18(19-4)20-11-15-7-9-23(10-8-15)12-16-13-24-17(6-2)22-16;/h13-15H,5-12H2,1-4H3,(H2,19,20,21);1H. The van der Waals surface area contributed by atoms with E-state index in [-0.39, 0.29) is 24.0 Å². The van der Waals surface area contributed by atoms with Crippen LogP contribution in [0.5, 0.6) is 0 Å². The largest absolute Gasteiger partial charge is 0.356 e. The Bertz CT molecular complexity index is 511. The second-order valence-electron chi connectivity index (χ2n) is 6.71. The highest BCUT2D eigenvalue weighted by molar-refractivity contribution is 14.0. The van der Waals surface area contributed by atoms with Crippen LogP contribution in [0.2, 0.25) is 0 Å². The summed E-state index contributed by atoms with van der Waals surface area (Å²) in [6, 6.07) is 0.462. The molecule has 2 N–H and O–H groups in total. The minimum absolute atomic E-state index is 0. The Morgan fingerprint density at radius 1 is 1.40 bits per heavy atom. The molecule has 7 heteroatoms. The number of halogens is 1. The van der Waals surface area contributed by atoms with Gasteiger partial charge >= 0.3 is 0 Å². The summed E-state index contributed by atoms with van der Waals surface area (Å²) in [4.78, 5) is 11.5. The van der Waals surface area contributed by atoms with Crippen LogP contribution in [0, 0.1) is 5.92 Å². The first-order valence-corrected chi connectivity index (χ1v) is 10.1. The number of guanidine groups is 1. The van der Waals surface area contributed by atoms with Gasteiger partial charge in [-0.1, -0.05) is 13.8 Å². The number of aryl methyl sites for hydroxylation is 1. The lowest BCUT2D eigenvalue weighted by Crippen LogP contribution is -2.45. The average molecular weight is 479 g/mol. The van der Waals surface area contributed by atoms with Crippen LogP contribution in [0.3, 0.4) is 0 Å². The molecule has 2 heterocycles. The maximum atomic E-state index is 4.69. The zero-order chi connectivity index (χ0) is 17.4. The van der Waals surface area contributed by atoms with E-state index < -0.39 is 0 Å². The Kier molecular flexibility index (Phi) is 10.9. The lowest BCUT2D eigenvalue weighted by atomic mass is 9.97. The predicted molar refractivity (Wildman–Crippen MR) is 119 cm³/mol. The summed E-state index contributed by atoms with van der Waals surface area (Å²) in [5.74, 6) is 1.67. The molecule has 0 saturated carbocycles. The SMILES string of the molecule is CCc1nc(CN2CCC(CNC(=NC)NC(C)CC)CC2)cs1.I. The fraction of sp³-hybridized carbons (Fsp3) is 0.778. The number of thiazole rings is 1. The lowest BCUT2D eigenvalue weighted by Gasteiger charge is -2.32. The average Bonchev–Trinajstić information content (AvgIpc) is 3.07. The molecular weight excluding hydrogens is 445 g/mol. The molecule has 0 spiro atoms. The Morgan fingerprint density at radius 3 is 2.68 bits per heavy atom. The van der Waals surface area contributed by atoms with Gasteiger partial charge < -0.3 is 10.6 Å². The Morgan fingerprint density at radius 2 is 2.12 bits per heavy atom. The van der Waals surface area contributed by atoms with E-state index >= 15 is 0 Å². The van der Waals surface area contributed by atoms with Gasteiger partial charge in [0.2, 0.25) is 0 Å². The van der Waals surface area contributed by atoms with Crippen LogP contribution in [0.15, 0.2) is 10.4 Å². The van der Waals surface area contributed by atoms with E-state index in [4.69, 9.17) is 0 Å². The molecule has 1 fully saturated rings. The Labute approximate surface area is 174 Å². The van der Waals surface area contributed by atoms with Gasteiger partial charge in [-0.3, -0.25) is 9.89 Å². The molecule has 1 saturated heterocycles. The van der Waals surface area contributed by atoms with E-state index in [9.17, 15) is 0 Å². The number of likely N-dealkylation sites (tertiary alicyclic amines) is 1. The quantitative estimate of drug-likeness (QED) is 0.357. The molecule has 0 aliphatic carbocycles. The van der Waals surface area contributed by atoms with Crippen molar-refractivity contribution in [1.82, 2.24) is 20.5 Å². The van der Waals surface area contributed by atoms with Crippen molar-refractivity contribution in [3.63, 3.8) is 0 Å². The molecule has 25 heavy (non-hydrogen) atoms. The minimum Gasteiger partial charge on any atom is -0.356 e. The molecule has 1 aliphatic heterocycles. The predicted octanol–water partition coefficient (Wildman–Crippen LogP) is 3.50. The summed E-state index contributed by atoms with van der Waals surface area (Å²) in [5, 5.41) is 10.4. The van der Waals surface area contributed by atoms with E-state index in [0.29, 0.717) is 6.04 Å². The number of aromatic nitrogens is 1. The first-order valence-electron chi connectivity index (χ1n) is 9.27. The van der Waals surface area contributed by atoms with Crippen LogP contribution in [0.25, 0.3) is 0 Å². The fourth-order valence-electron chi connectivity index (χ4n) is 2.93. The molecule has 144 valence electrons. The van der Waals surface area contributed by atoms with Gasteiger partial charge in [-0.25, -0.2) is 4.98 Å². The van der Waals surface area contributed by atoms with Crippen molar-refractivity contribution in [2.24, 2.45) is 10.9 Å². The number of hydrogen-bond acceptors (Lipinski definition) is 4. The summed E-state index contributed by atoms with van der Waals surface area (Å²) in [5.41, 5.74) is 1.24. The van der Waals surface area contributed by atoms with E-state index in [1.807, 2.05) is 7.05 Å². The topological polar surface area (TPSA) is 52.6 Å². The maximum Gasteiger partial charge on any atom is 0.191 e. The van der Waals surface area contributed by atoms with E-state index in [1.165, 1.54) is 36.6 Å². The lowest BCUT2D eigenvalue weighted by molar-refractivity contribution is 0.176. The normalized spacial score (nSPS) is 17.8. The molecular formula is C18H34IN5S. The first-order chi connectivity index (χ1) is 11.6. The number of hydrogen-bond donors (Lipinski definition) is 2. The molecule has 0 radical (unpaired) electrons. The molecule has 1 aromatic heterocycles. The number of nitrogens with one attached hydrogen (secondary N) is 2. The first kappa shape index (κ1) is 22.6. The molecule has 5 nitrogen and oxygen atoms in total. The molecule has 1 aliphatic rings. The van der Waals surface area contributed by atoms with Gasteiger partial charge in [0.25, 0.3) is 0 Å². The Hall–Kier alpha value is -0.410. The molecule has 1 atom stereocenters. The molecule has 0 bridgehead atoms. The maximum absolute atomic E-state index is 4.69. The third kappa shape index (κ3) is 7.78. The Balaban J connectivity index is 0.00000312. The summed E-state index contributed by atoms with van der Waals surface area (Å²) >= 11 is 1.79. The minimum atomic E-state index is 0. The van der Waals surface area contributed by atoms with Gasteiger partial charge in [0.05, 0.1) is 10.7 Å². The molecule has 2 rings (SSSR count). The highest BCUT2D eigenvalue weighted by atomic mass is 127. The highest BCUT2D eigenvalue weighted by Crippen LogP contribution is 2.19. The fourth-order valence-corrected chi connectivity index (χ4v) is 3.67. The van der Waals surface area contributed by atoms with Crippen LogP contribution in [-0.4, -0.2) is 48.6 Å². The summed E-state index contributed by atoms with van der Waals surface area (Å²) < 4.78 is 0. The zero-order valence-corrected chi connectivity index (χ0v) is 19.2. The summed E-state index contributed by atoms with van der Waals surface area (Å²) in [6.45, 7) is 10.9. The summed E-state index contributed by atoms with van der Waals surface area (Å²) in [6.07, 6.45) is 4.65. The van der Waals surface area contributed by atoms with Crippen molar-refractivity contribution < 1.29 is 0 Å². The van der Waals surface area contributed by atoms with E-state index in [2.05, 4.69) is 51.7 Å². The zero-order valence-electron chi connectivity index (χ0n) is 16.0. The van der Waals surface area contributed by atoms with Crippen molar-refractivity contribution in [2.45, 2.75) is 59.0 Å². The van der Waals surface area contributed by atoms with E-state index in [1.54, 1.807) is 11.3 Å². The number of rotatable bonds is 7. The van der Waals surface area contributed by atoms with Crippen LogP contribution in [0.4, 0.5) is 0 Å². The van der Waals surface area contributed by atoms with Crippen molar-refractivity contribution in [1.29, 1.82) is 0 Å². The van der Waals surface area contributed by atoms with Gasteiger partial charge in [0.15, 0.2) is 5.96 Å². The van der Waals surface area contributed by atoms with Crippen molar-refractivity contribution in [2.75, 3.05) is 26.7 Å². The highest BCUT2D eigenvalue weighted by Gasteiger charge is 2.20. The van der Waals surface area contributed by atoms with Crippen LogP contribution < -0.4 is 10.6 Å². The monoisotopic (exact) mass is 479 g/mol. The van der Waals surface area contributed by atoms with E-state index in [0.717, 1.165) is 37.8 Å². The van der Waals surface area contributed by atoms with Crippen LogP contribution in [-0.2, 0) is 13.0 Å². The molecule has 1 aromatic rings. The van der Waals surface area contributed by atoms with Crippen LogP contribution >= 0.6 is 35.3 Å². The third-order valence-electron chi connectivity index (χ3n) is 4.77. The van der Waals surface area contributed by atoms with Gasteiger partial charge in [0, 0.05) is 31.6 Å². The number of nitrogens with zero attached hydrogens (tertiary/aromatic N) is 3. The van der Waals surface area contributed by atoms with Crippen molar-refractivity contribution in [3.8, 4) is 0 Å². The molecule has 0 amide bonds. The third-order valence-corrected chi connectivity index (χ3v) is 5.81.